The number of nitrogens with zero attached hydrogens (tertiary/aromatic N) is 1. The van der Waals surface area contributed by atoms with E-state index in [1.165, 1.54) is 38.8 Å². The van der Waals surface area contributed by atoms with Crippen LogP contribution in [0.4, 0.5) is 0 Å². The standard InChI is InChI=1S/C11H21NO/c1-2-10-4-3-5-11(10)12-6-8-13-9-7-12/h10-11H,2-9H2,1H3/t10-,11-/m1/s1. The molecule has 0 N–H and O–H groups in total. The maximum Gasteiger partial charge on any atom is 0.0594 e. The fourth-order valence-corrected chi connectivity index (χ4v) is 2.88. The smallest absolute Gasteiger partial charge is 0.0594 e. The number of morpholine rings is 1. The van der Waals surface area contributed by atoms with Crippen LogP contribution in [0.25, 0.3) is 0 Å². The summed E-state index contributed by atoms with van der Waals surface area (Å²) in [4.78, 5) is 2.66. The monoisotopic (exact) mass is 183 g/mol. The molecule has 2 heteroatoms. The van der Waals surface area contributed by atoms with Crippen LogP contribution in [-0.4, -0.2) is 37.2 Å². The third kappa shape index (κ3) is 2.05. The van der Waals surface area contributed by atoms with E-state index < -0.39 is 0 Å². The quantitative estimate of drug-likeness (QED) is 0.648. The Morgan fingerprint density at radius 3 is 2.69 bits per heavy atom. The molecule has 0 aromatic heterocycles. The van der Waals surface area contributed by atoms with Gasteiger partial charge >= 0.3 is 0 Å². The first kappa shape index (κ1) is 9.47. The van der Waals surface area contributed by atoms with Gasteiger partial charge in [-0.2, -0.15) is 0 Å². The first-order chi connectivity index (χ1) is 6.42. The van der Waals surface area contributed by atoms with Crippen LogP contribution >= 0.6 is 0 Å². The zero-order chi connectivity index (χ0) is 9.10. The van der Waals surface area contributed by atoms with Crippen molar-refractivity contribution in [1.82, 2.24) is 4.90 Å². The average molecular weight is 183 g/mol. The van der Waals surface area contributed by atoms with Crippen molar-refractivity contribution >= 4 is 0 Å². The molecule has 1 saturated carbocycles. The van der Waals surface area contributed by atoms with Crippen LogP contribution in [0.3, 0.4) is 0 Å². The minimum Gasteiger partial charge on any atom is -0.379 e. The van der Waals surface area contributed by atoms with Crippen molar-refractivity contribution in [3.05, 3.63) is 0 Å². The molecule has 0 unspecified atom stereocenters. The molecule has 0 amide bonds. The topological polar surface area (TPSA) is 12.5 Å². The first-order valence-electron chi connectivity index (χ1n) is 5.73. The molecular formula is C11H21NO. The van der Waals surface area contributed by atoms with Crippen LogP contribution in [0.1, 0.15) is 32.6 Å². The highest BCUT2D eigenvalue weighted by Gasteiger charge is 2.31. The van der Waals surface area contributed by atoms with E-state index in [-0.39, 0.29) is 0 Å². The Hall–Kier alpha value is -0.0800. The molecule has 1 aliphatic heterocycles. The molecule has 1 aliphatic carbocycles. The molecule has 0 aromatic carbocycles. The molecule has 1 saturated heterocycles. The molecule has 2 aliphatic rings. The molecule has 0 spiro atoms. The van der Waals surface area contributed by atoms with Crippen LogP contribution in [0.5, 0.6) is 0 Å². The van der Waals surface area contributed by atoms with Gasteiger partial charge in [-0.1, -0.05) is 19.8 Å². The highest BCUT2D eigenvalue weighted by Crippen LogP contribution is 2.32. The molecule has 13 heavy (non-hydrogen) atoms. The zero-order valence-electron chi connectivity index (χ0n) is 8.67. The summed E-state index contributed by atoms with van der Waals surface area (Å²) in [5.41, 5.74) is 0. The van der Waals surface area contributed by atoms with Crippen molar-refractivity contribution in [1.29, 1.82) is 0 Å². The minimum absolute atomic E-state index is 0.883. The van der Waals surface area contributed by atoms with E-state index in [0.29, 0.717) is 0 Å². The third-order valence-electron chi connectivity index (χ3n) is 3.66. The maximum absolute atomic E-state index is 5.39. The number of hydrogen-bond acceptors (Lipinski definition) is 2. The van der Waals surface area contributed by atoms with Gasteiger partial charge in [0.1, 0.15) is 0 Å². The molecule has 2 rings (SSSR count). The second-order valence-electron chi connectivity index (χ2n) is 4.31. The molecule has 2 atom stereocenters. The van der Waals surface area contributed by atoms with E-state index in [1.807, 2.05) is 0 Å². The summed E-state index contributed by atoms with van der Waals surface area (Å²) < 4.78 is 5.39. The van der Waals surface area contributed by atoms with Crippen LogP contribution in [-0.2, 0) is 4.74 Å². The van der Waals surface area contributed by atoms with E-state index >= 15 is 0 Å². The van der Waals surface area contributed by atoms with E-state index in [0.717, 1.165) is 25.2 Å². The Labute approximate surface area is 81.3 Å². The summed E-state index contributed by atoms with van der Waals surface area (Å²) >= 11 is 0. The molecule has 2 nitrogen and oxygen atoms in total. The van der Waals surface area contributed by atoms with Gasteiger partial charge in [0.25, 0.3) is 0 Å². The Morgan fingerprint density at radius 2 is 2.00 bits per heavy atom. The van der Waals surface area contributed by atoms with E-state index in [1.54, 1.807) is 0 Å². The van der Waals surface area contributed by atoms with Gasteiger partial charge in [-0.05, 0) is 18.8 Å². The maximum atomic E-state index is 5.39. The Kier molecular flexibility index (Phi) is 3.23. The van der Waals surface area contributed by atoms with Crippen LogP contribution in [0, 0.1) is 5.92 Å². The van der Waals surface area contributed by atoms with Crippen molar-refractivity contribution in [3.8, 4) is 0 Å². The summed E-state index contributed by atoms with van der Waals surface area (Å²) in [5, 5.41) is 0. The van der Waals surface area contributed by atoms with Crippen LogP contribution in [0.15, 0.2) is 0 Å². The van der Waals surface area contributed by atoms with Crippen molar-refractivity contribution in [2.45, 2.75) is 38.6 Å². The summed E-state index contributed by atoms with van der Waals surface area (Å²) in [7, 11) is 0. The highest BCUT2D eigenvalue weighted by atomic mass is 16.5. The van der Waals surface area contributed by atoms with Crippen molar-refractivity contribution < 1.29 is 4.74 Å². The normalized spacial score (nSPS) is 36.7. The minimum atomic E-state index is 0.883. The van der Waals surface area contributed by atoms with Crippen LogP contribution in [0.2, 0.25) is 0 Å². The van der Waals surface area contributed by atoms with Crippen molar-refractivity contribution in [2.24, 2.45) is 5.92 Å². The van der Waals surface area contributed by atoms with Gasteiger partial charge in [0.2, 0.25) is 0 Å². The summed E-state index contributed by atoms with van der Waals surface area (Å²) in [6.45, 7) is 6.58. The summed E-state index contributed by atoms with van der Waals surface area (Å²) in [5.74, 6) is 0.970. The van der Waals surface area contributed by atoms with Gasteiger partial charge < -0.3 is 4.74 Å². The van der Waals surface area contributed by atoms with Crippen molar-refractivity contribution in [2.75, 3.05) is 26.3 Å². The summed E-state index contributed by atoms with van der Waals surface area (Å²) in [6.07, 6.45) is 5.69. The Morgan fingerprint density at radius 1 is 1.23 bits per heavy atom. The predicted molar refractivity (Wildman–Crippen MR) is 53.8 cm³/mol. The lowest BCUT2D eigenvalue weighted by molar-refractivity contribution is 0.00788. The lowest BCUT2D eigenvalue weighted by Crippen LogP contribution is -2.44. The fraction of sp³-hybridized carbons (Fsp3) is 1.00. The van der Waals surface area contributed by atoms with Gasteiger partial charge in [-0.3, -0.25) is 4.90 Å². The van der Waals surface area contributed by atoms with Crippen LogP contribution < -0.4 is 0 Å². The average Bonchev–Trinajstić information content (AvgIpc) is 2.67. The lowest BCUT2D eigenvalue weighted by Gasteiger charge is -2.35. The third-order valence-corrected chi connectivity index (χ3v) is 3.66. The van der Waals surface area contributed by atoms with E-state index in [9.17, 15) is 0 Å². The van der Waals surface area contributed by atoms with Gasteiger partial charge in [-0.25, -0.2) is 0 Å². The number of ether oxygens (including phenoxy) is 1. The summed E-state index contributed by atoms with van der Waals surface area (Å²) in [6, 6.07) is 0.883. The molecule has 1 heterocycles. The zero-order valence-corrected chi connectivity index (χ0v) is 8.67. The molecule has 0 bridgehead atoms. The molecule has 2 fully saturated rings. The van der Waals surface area contributed by atoms with Crippen molar-refractivity contribution in [3.63, 3.8) is 0 Å². The SMILES string of the molecule is CC[C@@H]1CCC[C@H]1N1CCOCC1. The Balaban J connectivity index is 1.90. The molecule has 76 valence electrons. The van der Waals surface area contributed by atoms with Gasteiger partial charge in [-0.15, -0.1) is 0 Å². The first-order valence-corrected chi connectivity index (χ1v) is 5.73. The fourth-order valence-electron chi connectivity index (χ4n) is 2.88. The lowest BCUT2D eigenvalue weighted by atomic mass is 9.99. The molecule has 0 radical (unpaired) electrons. The van der Waals surface area contributed by atoms with Gasteiger partial charge in [0.15, 0.2) is 0 Å². The number of rotatable bonds is 2. The van der Waals surface area contributed by atoms with Gasteiger partial charge in [0.05, 0.1) is 13.2 Å². The second-order valence-corrected chi connectivity index (χ2v) is 4.31. The Bertz CT molecular complexity index is 154. The van der Waals surface area contributed by atoms with E-state index in [4.69, 9.17) is 4.74 Å². The molecular weight excluding hydrogens is 162 g/mol. The van der Waals surface area contributed by atoms with E-state index in [2.05, 4.69) is 11.8 Å². The molecule has 0 aromatic rings. The largest absolute Gasteiger partial charge is 0.379 e. The van der Waals surface area contributed by atoms with Gasteiger partial charge in [0, 0.05) is 19.1 Å². The second kappa shape index (κ2) is 4.43. The predicted octanol–water partition coefficient (Wildman–Crippen LogP) is 1.90. The highest BCUT2D eigenvalue weighted by molar-refractivity contribution is 4.85. The number of hydrogen-bond donors (Lipinski definition) is 0.